The molecule has 0 aliphatic heterocycles. The molecule has 0 unspecified atom stereocenters. The van der Waals surface area contributed by atoms with E-state index in [1.54, 1.807) is 18.2 Å². The maximum Gasteiger partial charge on any atom is 0.261 e. The predicted octanol–water partition coefficient (Wildman–Crippen LogP) is 1.74. The van der Waals surface area contributed by atoms with Gasteiger partial charge in [-0.25, -0.2) is 0 Å². The molecule has 2 rings (SSSR count). The van der Waals surface area contributed by atoms with Crippen molar-refractivity contribution in [2.24, 2.45) is 0 Å². The minimum Gasteiger partial charge on any atom is -0.507 e. The predicted molar refractivity (Wildman–Crippen MR) is 59.9 cm³/mol. The molecule has 0 radical (unpaired) electrons. The van der Waals surface area contributed by atoms with E-state index < -0.39 is 0 Å². The zero-order valence-corrected chi connectivity index (χ0v) is 9.81. The molecule has 0 spiro atoms. The summed E-state index contributed by atoms with van der Waals surface area (Å²) in [5.74, 6) is 0.724. The second-order valence-corrected chi connectivity index (χ2v) is 4.07. The number of benzene rings is 1. The van der Waals surface area contributed by atoms with E-state index in [-0.39, 0.29) is 18.2 Å². The monoisotopic (exact) mass is 284 g/mol. The molecule has 0 atom stereocenters. The molecule has 6 heteroatoms. The van der Waals surface area contributed by atoms with Crippen LogP contribution in [0.15, 0.2) is 27.2 Å². The van der Waals surface area contributed by atoms with Crippen LogP contribution in [-0.4, -0.2) is 27.0 Å². The van der Waals surface area contributed by atoms with Crippen LogP contribution in [0, 0.1) is 0 Å². The van der Waals surface area contributed by atoms with Gasteiger partial charge in [-0.1, -0.05) is 21.1 Å². The van der Waals surface area contributed by atoms with Crippen LogP contribution >= 0.6 is 15.9 Å². The number of phenols is 1. The number of aliphatic hydroxyl groups excluding tert-OH is 1. The fourth-order valence-electron chi connectivity index (χ4n) is 1.25. The molecular formula is C10H9BrN2O3. The van der Waals surface area contributed by atoms with E-state index in [4.69, 9.17) is 9.63 Å². The summed E-state index contributed by atoms with van der Waals surface area (Å²) in [4.78, 5) is 4.05. The van der Waals surface area contributed by atoms with Crippen molar-refractivity contribution in [3.63, 3.8) is 0 Å². The maximum atomic E-state index is 9.68. The zero-order valence-electron chi connectivity index (χ0n) is 8.22. The van der Waals surface area contributed by atoms with Gasteiger partial charge in [0.05, 0.1) is 12.2 Å². The molecule has 0 fully saturated rings. The largest absolute Gasteiger partial charge is 0.507 e. The van der Waals surface area contributed by atoms with E-state index in [0.717, 1.165) is 4.47 Å². The van der Waals surface area contributed by atoms with Gasteiger partial charge in [-0.05, 0) is 18.2 Å². The number of hydrogen-bond donors (Lipinski definition) is 2. The lowest BCUT2D eigenvalue weighted by molar-refractivity contribution is 0.293. The number of aromatic hydroxyl groups is 1. The summed E-state index contributed by atoms with van der Waals surface area (Å²) < 4.78 is 5.74. The molecule has 5 nitrogen and oxygen atoms in total. The minimum atomic E-state index is -0.0364. The summed E-state index contributed by atoms with van der Waals surface area (Å²) >= 11 is 3.24. The van der Waals surface area contributed by atoms with Gasteiger partial charge in [0.15, 0.2) is 5.82 Å². The molecule has 2 aromatic rings. The number of phenolic OH excluding ortho intramolecular Hbond substituents is 1. The van der Waals surface area contributed by atoms with Gasteiger partial charge in [0.25, 0.3) is 5.89 Å². The SMILES string of the molecule is OCCc1noc(-c2ccc(Br)cc2O)n1. The van der Waals surface area contributed by atoms with E-state index in [1.165, 1.54) is 0 Å². The van der Waals surface area contributed by atoms with Crippen LogP contribution in [0.4, 0.5) is 0 Å². The first-order chi connectivity index (χ1) is 7.70. The number of aromatic nitrogens is 2. The summed E-state index contributed by atoms with van der Waals surface area (Å²) in [6, 6.07) is 4.99. The highest BCUT2D eigenvalue weighted by Crippen LogP contribution is 2.30. The lowest BCUT2D eigenvalue weighted by Crippen LogP contribution is -1.92. The minimum absolute atomic E-state index is 0.0364. The summed E-state index contributed by atoms with van der Waals surface area (Å²) in [5.41, 5.74) is 0.472. The number of nitrogens with zero attached hydrogens (tertiary/aromatic N) is 2. The van der Waals surface area contributed by atoms with E-state index in [2.05, 4.69) is 26.1 Å². The molecule has 84 valence electrons. The number of hydrogen-bond acceptors (Lipinski definition) is 5. The fourth-order valence-corrected chi connectivity index (χ4v) is 1.60. The van der Waals surface area contributed by atoms with Crippen molar-refractivity contribution >= 4 is 15.9 Å². The molecule has 16 heavy (non-hydrogen) atoms. The number of rotatable bonds is 3. The third-order valence-electron chi connectivity index (χ3n) is 1.99. The van der Waals surface area contributed by atoms with Crippen molar-refractivity contribution in [2.75, 3.05) is 6.61 Å². The smallest absolute Gasteiger partial charge is 0.261 e. The summed E-state index contributed by atoms with van der Waals surface area (Å²) in [5, 5.41) is 22.1. The van der Waals surface area contributed by atoms with Crippen molar-refractivity contribution in [1.82, 2.24) is 10.1 Å². The molecule has 0 bridgehead atoms. The standard InChI is InChI=1S/C10H9BrN2O3/c11-6-1-2-7(8(15)5-6)10-12-9(3-4-14)13-16-10/h1-2,5,14-15H,3-4H2. The molecule has 0 aliphatic carbocycles. The van der Waals surface area contributed by atoms with Crippen LogP contribution in [0.1, 0.15) is 5.82 Å². The van der Waals surface area contributed by atoms with Crippen LogP contribution in [0.5, 0.6) is 5.75 Å². The Morgan fingerprint density at radius 3 is 2.88 bits per heavy atom. The molecule has 1 aromatic carbocycles. The molecular weight excluding hydrogens is 276 g/mol. The van der Waals surface area contributed by atoms with Gasteiger partial charge in [-0.15, -0.1) is 0 Å². The Kier molecular flexibility index (Phi) is 3.21. The second kappa shape index (κ2) is 4.63. The Balaban J connectivity index is 2.35. The Hall–Kier alpha value is -1.40. The Morgan fingerprint density at radius 2 is 2.19 bits per heavy atom. The third-order valence-corrected chi connectivity index (χ3v) is 2.49. The normalized spacial score (nSPS) is 10.6. The zero-order chi connectivity index (χ0) is 11.5. The lowest BCUT2D eigenvalue weighted by atomic mass is 10.2. The first kappa shape index (κ1) is 11.1. The molecule has 0 saturated heterocycles. The van der Waals surface area contributed by atoms with Crippen molar-refractivity contribution in [3.05, 3.63) is 28.5 Å². The summed E-state index contributed by atoms with van der Waals surface area (Å²) in [6.45, 7) is -0.0364. The third kappa shape index (κ3) is 2.23. The van der Waals surface area contributed by atoms with Gasteiger partial charge in [0.1, 0.15) is 5.75 Å². The number of aliphatic hydroxyl groups is 1. The highest BCUT2D eigenvalue weighted by atomic mass is 79.9. The van der Waals surface area contributed by atoms with E-state index in [9.17, 15) is 5.11 Å². The first-order valence-electron chi connectivity index (χ1n) is 4.63. The van der Waals surface area contributed by atoms with Crippen molar-refractivity contribution in [1.29, 1.82) is 0 Å². The van der Waals surface area contributed by atoms with E-state index in [0.29, 0.717) is 17.8 Å². The Morgan fingerprint density at radius 1 is 1.38 bits per heavy atom. The van der Waals surface area contributed by atoms with E-state index >= 15 is 0 Å². The van der Waals surface area contributed by atoms with E-state index in [1.807, 2.05) is 0 Å². The highest BCUT2D eigenvalue weighted by Gasteiger charge is 2.12. The van der Waals surface area contributed by atoms with Crippen LogP contribution in [0.25, 0.3) is 11.5 Å². The quantitative estimate of drug-likeness (QED) is 0.898. The molecule has 1 heterocycles. The average molecular weight is 285 g/mol. The van der Waals surface area contributed by atoms with Gasteiger partial charge in [0, 0.05) is 10.9 Å². The van der Waals surface area contributed by atoms with Gasteiger partial charge in [-0.2, -0.15) is 4.98 Å². The Labute approximate surface area is 99.9 Å². The van der Waals surface area contributed by atoms with Crippen LogP contribution < -0.4 is 0 Å². The fraction of sp³-hybridized carbons (Fsp3) is 0.200. The topological polar surface area (TPSA) is 79.4 Å². The second-order valence-electron chi connectivity index (χ2n) is 3.15. The van der Waals surface area contributed by atoms with Crippen LogP contribution in [0.2, 0.25) is 0 Å². The molecule has 1 aromatic heterocycles. The van der Waals surface area contributed by atoms with Gasteiger partial charge < -0.3 is 14.7 Å². The van der Waals surface area contributed by atoms with Gasteiger partial charge in [-0.3, -0.25) is 0 Å². The van der Waals surface area contributed by atoms with Crippen LogP contribution in [-0.2, 0) is 6.42 Å². The molecule has 2 N–H and O–H groups in total. The Bertz CT molecular complexity index is 499. The molecule has 0 saturated carbocycles. The van der Waals surface area contributed by atoms with Crippen molar-refractivity contribution in [2.45, 2.75) is 6.42 Å². The van der Waals surface area contributed by atoms with Crippen molar-refractivity contribution in [3.8, 4) is 17.2 Å². The van der Waals surface area contributed by atoms with Crippen LogP contribution in [0.3, 0.4) is 0 Å². The highest BCUT2D eigenvalue weighted by molar-refractivity contribution is 9.10. The van der Waals surface area contributed by atoms with Gasteiger partial charge >= 0.3 is 0 Å². The molecule has 0 amide bonds. The maximum absolute atomic E-state index is 9.68. The summed E-state index contributed by atoms with van der Waals surface area (Å²) in [6.07, 6.45) is 0.334. The summed E-state index contributed by atoms with van der Waals surface area (Å²) in [7, 11) is 0. The van der Waals surface area contributed by atoms with Gasteiger partial charge in [0.2, 0.25) is 0 Å². The first-order valence-corrected chi connectivity index (χ1v) is 5.42. The average Bonchev–Trinajstić information content (AvgIpc) is 2.67. The number of halogens is 1. The van der Waals surface area contributed by atoms with Crippen molar-refractivity contribution < 1.29 is 14.7 Å². The lowest BCUT2D eigenvalue weighted by Gasteiger charge is -1.98. The molecule has 0 aliphatic rings.